The molecule has 1 aliphatic heterocycles. The maximum atomic E-state index is 12.7. The van der Waals surface area contributed by atoms with Crippen LogP contribution in [0.2, 0.25) is 10.0 Å². The van der Waals surface area contributed by atoms with Crippen LogP contribution in [0.5, 0.6) is 0 Å². The number of halogens is 2. The second-order valence-electron chi connectivity index (χ2n) is 6.01. The number of likely N-dealkylation sites (N-methyl/N-ethyl adjacent to an activating group) is 1. The van der Waals surface area contributed by atoms with Gasteiger partial charge in [0.2, 0.25) is 0 Å². The van der Waals surface area contributed by atoms with Crippen molar-refractivity contribution in [2.24, 2.45) is 0 Å². The van der Waals surface area contributed by atoms with Gasteiger partial charge in [-0.2, -0.15) is 0 Å². The van der Waals surface area contributed by atoms with Gasteiger partial charge in [0.05, 0.1) is 16.3 Å². The molecule has 1 fully saturated rings. The fourth-order valence-electron chi connectivity index (χ4n) is 2.75. The second kappa shape index (κ2) is 7.41. The van der Waals surface area contributed by atoms with Gasteiger partial charge in [-0.1, -0.05) is 29.3 Å². The van der Waals surface area contributed by atoms with Crippen molar-refractivity contribution in [2.45, 2.75) is 4.90 Å². The first-order valence-corrected chi connectivity index (χ1v) is 10.1. The Balaban J connectivity index is 1.92. The van der Waals surface area contributed by atoms with Crippen molar-refractivity contribution in [2.75, 3.05) is 42.8 Å². The van der Waals surface area contributed by atoms with E-state index in [0.29, 0.717) is 15.7 Å². The normalized spacial score (nSPS) is 16.0. The monoisotopic (exact) mass is 399 g/mol. The molecule has 1 N–H and O–H groups in total. The van der Waals surface area contributed by atoms with Gasteiger partial charge in [0.15, 0.2) is 0 Å². The third-order valence-corrected chi connectivity index (χ3v) is 5.99. The molecule has 5 nitrogen and oxygen atoms in total. The van der Waals surface area contributed by atoms with Crippen LogP contribution in [0.25, 0.3) is 0 Å². The summed E-state index contributed by atoms with van der Waals surface area (Å²) in [6.07, 6.45) is 0. The molecule has 0 spiro atoms. The van der Waals surface area contributed by atoms with Gasteiger partial charge < -0.3 is 9.80 Å². The van der Waals surface area contributed by atoms with E-state index < -0.39 is 10.0 Å². The molecule has 2 aromatic carbocycles. The van der Waals surface area contributed by atoms with Gasteiger partial charge >= 0.3 is 0 Å². The van der Waals surface area contributed by atoms with Crippen molar-refractivity contribution in [1.82, 2.24) is 4.90 Å². The average molecular weight is 400 g/mol. The quantitative estimate of drug-likeness (QED) is 0.853. The lowest BCUT2D eigenvalue weighted by Gasteiger charge is -2.35. The van der Waals surface area contributed by atoms with Crippen LogP contribution >= 0.6 is 23.2 Å². The highest BCUT2D eigenvalue weighted by molar-refractivity contribution is 7.92. The average Bonchev–Trinajstić information content (AvgIpc) is 2.56. The van der Waals surface area contributed by atoms with E-state index in [1.54, 1.807) is 24.3 Å². The standard InChI is InChI=1S/C17H19Cl2N3O2S/c1-21-7-9-22(10-8-21)17-6-5-14(19)12-16(17)20-25(23,24)15-4-2-3-13(18)11-15/h2-6,11-12,20H,7-10H2,1H3. The van der Waals surface area contributed by atoms with Crippen LogP contribution in [0.3, 0.4) is 0 Å². The Hall–Kier alpha value is -1.47. The molecule has 0 saturated carbocycles. The van der Waals surface area contributed by atoms with Gasteiger partial charge in [-0.25, -0.2) is 8.42 Å². The summed E-state index contributed by atoms with van der Waals surface area (Å²) in [6.45, 7) is 3.49. The number of nitrogens with one attached hydrogen (secondary N) is 1. The van der Waals surface area contributed by atoms with E-state index >= 15 is 0 Å². The zero-order valence-corrected chi connectivity index (χ0v) is 16.1. The largest absolute Gasteiger partial charge is 0.367 e. The maximum absolute atomic E-state index is 12.7. The third kappa shape index (κ3) is 4.39. The molecule has 0 bridgehead atoms. The smallest absolute Gasteiger partial charge is 0.262 e. The summed E-state index contributed by atoms with van der Waals surface area (Å²) in [5.74, 6) is 0. The zero-order valence-electron chi connectivity index (χ0n) is 13.7. The fourth-order valence-corrected chi connectivity index (χ4v) is 4.29. The Kier molecular flexibility index (Phi) is 5.43. The van der Waals surface area contributed by atoms with Crippen molar-refractivity contribution in [3.8, 4) is 0 Å². The Morgan fingerprint density at radius 3 is 2.32 bits per heavy atom. The van der Waals surface area contributed by atoms with Crippen LogP contribution < -0.4 is 9.62 Å². The molecule has 134 valence electrons. The lowest BCUT2D eigenvalue weighted by atomic mass is 10.2. The SMILES string of the molecule is CN1CCN(c2ccc(Cl)cc2NS(=O)(=O)c2cccc(Cl)c2)CC1. The van der Waals surface area contributed by atoms with Gasteiger partial charge in [0.1, 0.15) is 0 Å². The molecule has 0 aliphatic carbocycles. The van der Waals surface area contributed by atoms with E-state index in [4.69, 9.17) is 23.2 Å². The minimum absolute atomic E-state index is 0.115. The van der Waals surface area contributed by atoms with E-state index in [-0.39, 0.29) is 4.90 Å². The molecule has 1 aliphatic rings. The molecule has 0 amide bonds. The summed E-state index contributed by atoms with van der Waals surface area (Å²) in [6, 6.07) is 11.4. The molecule has 0 aromatic heterocycles. The molecule has 0 unspecified atom stereocenters. The number of benzene rings is 2. The van der Waals surface area contributed by atoms with Crippen LogP contribution in [-0.2, 0) is 10.0 Å². The maximum Gasteiger partial charge on any atom is 0.262 e. The van der Waals surface area contributed by atoms with Gasteiger partial charge in [-0.15, -0.1) is 0 Å². The Bertz CT molecular complexity index is 866. The number of piperazine rings is 1. The predicted octanol–water partition coefficient (Wildman–Crippen LogP) is 3.55. The molecule has 3 rings (SSSR count). The van der Waals surface area contributed by atoms with Gasteiger partial charge in [-0.05, 0) is 43.4 Å². The number of rotatable bonds is 4. The fraction of sp³-hybridized carbons (Fsp3) is 0.294. The first-order chi connectivity index (χ1) is 11.8. The van der Waals surface area contributed by atoms with Crippen molar-refractivity contribution in [1.29, 1.82) is 0 Å². The Labute approximate surface area is 158 Å². The lowest BCUT2D eigenvalue weighted by Crippen LogP contribution is -2.44. The number of anilines is 2. The van der Waals surface area contributed by atoms with E-state index in [2.05, 4.69) is 21.6 Å². The summed E-state index contributed by atoms with van der Waals surface area (Å²) >= 11 is 12.0. The molecule has 0 radical (unpaired) electrons. The van der Waals surface area contributed by atoms with Crippen molar-refractivity contribution < 1.29 is 8.42 Å². The van der Waals surface area contributed by atoms with Crippen LogP contribution in [-0.4, -0.2) is 46.5 Å². The van der Waals surface area contributed by atoms with Crippen LogP contribution in [0.15, 0.2) is 47.4 Å². The summed E-state index contributed by atoms with van der Waals surface area (Å²) in [5, 5.41) is 0.843. The zero-order chi connectivity index (χ0) is 18.0. The Morgan fingerprint density at radius 2 is 1.64 bits per heavy atom. The Morgan fingerprint density at radius 1 is 0.960 bits per heavy atom. The van der Waals surface area contributed by atoms with Crippen molar-refractivity contribution >= 4 is 44.6 Å². The number of hydrogen-bond acceptors (Lipinski definition) is 4. The summed E-state index contributed by atoms with van der Waals surface area (Å²) in [7, 11) is -1.68. The van der Waals surface area contributed by atoms with Crippen LogP contribution in [0.1, 0.15) is 0 Å². The molecular formula is C17H19Cl2N3O2S. The third-order valence-electron chi connectivity index (χ3n) is 4.15. The predicted molar refractivity (Wildman–Crippen MR) is 103 cm³/mol. The number of nitrogens with zero attached hydrogens (tertiary/aromatic N) is 2. The minimum atomic E-state index is -3.75. The summed E-state index contributed by atoms with van der Waals surface area (Å²) < 4.78 is 28.1. The molecule has 2 aromatic rings. The van der Waals surface area contributed by atoms with Crippen LogP contribution in [0, 0.1) is 0 Å². The second-order valence-corrected chi connectivity index (χ2v) is 8.57. The van der Waals surface area contributed by atoms with Gasteiger partial charge in [0.25, 0.3) is 10.0 Å². The van der Waals surface area contributed by atoms with Crippen molar-refractivity contribution in [3.63, 3.8) is 0 Å². The molecular weight excluding hydrogens is 381 g/mol. The number of hydrogen-bond donors (Lipinski definition) is 1. The minimum Gasteiger partial charge on any atom is -0.367 e. The van der Waals surface area contributed by atoms with E-state index in [1.807, 2.05) is 6.07 Å². The highest BCUT2D eigenvalue weighted by Crippen LogP contribution is 2.32. The van der Waals surface area contributed by atoms with E-state index in [1.165, 1.54) is 12.1 Å². The van der Waals surface area contributed by atoms with E-state index in [0.717, 1.165) is 31.9 Å². The topological polar surface area (TPSA) is 52.6 Å². The molecule has 1 heterocycles. The highest BCUT2D eigenvalue weighted by Gasteiger charge is 2.21. The summed E-state index contributed by atoms with van der Waals surface area (Å²) in [5.41, 5.74) is 1.29. The molecule has 25 heavy (non-hydrogen) atoms. The first kappa shape index (κ1) is 18.3. The number of sulfonamides is 1. The molecule has 1 saturated heterocycles. The molecule has 8 heteroatoms. The highest BCUT2D eigenvalue weighted by atomic mass is 35.5. The molecule has 0 atom stereocenters. The first-order valence-electron chi connectivity index (χ1n) is 7.86. The van der Waals surface area contributed by atoms with Crippen molar-refractivity contribution in [3.05, 3.63) is 52.5 Å². The van der Waals surface area contributed by atoms with E-state index in [9.17, 15) is 8.42 Å². The van der Waals surface area contributed by atoms with Crippen LogP contribution in [0.4, 0.5) is 11.4 Å². The van der Waals surface area contributed by atoms with Gasteiger partial charge in [0, 0.05) is 36.2 Å². The summed E-state index contributed by atoms with van der Waals surface area (Å²) in [4.78, 5) is 4.51. The lowest BCUT2D eigenvalue weighted by molar-refractivity contribution is 0.313. The van der Waals surface area contributed by atoms with Gasteiger partial charge in [-0.3, -0.25) is 4.72 Å².